The van der Waals surface area contributed by atoms with Crippen LogP contribution in [0.2, 0.25) is 0 Å². The van der Waals surface area contributed by atoms with Gasteiger partial charge in [-0.2, -0.15) is 4.98 Å². The quantitative estimate of drug-likeness (QED) is 0.476. The van der Waals surface area contributed by atoms with Crippen LogP contribution < -0.4 is 15.2 Å². The lowest BCUT2D eigenvalue weighted by molar-refractivity contribution is -0.147. The predicted octanol–water partition coefficient (Wildman–Crippen LogP) is 5.16. The van der Waals surface area contributed by atoms with Crippen molar-refractivity contribution in [3.8, 4) is 28.6 Å². The van der Waals surface area contributed by atoms with Crippen molar-refractivity contribution in [1.29, 1.82) is 0 Å². The van der Waals surface area contributed by atoms with Crippen LogP contribution in [0.1, 0.15) is 25.8 Å². The van der Waals surface area contributed by atoms with Gasteiger partial charge in [0.25, 0.3) is 11.8 Å². The van der Waals surface area contributed by atoms with E-state index in [1.54, 1.807) is 32.0 Å². The van der Waals surface area contributed by atoms with Crippen LogP contribution in [0.5, 0.6) is 17.5 Å². The van der Waals surface area contributed by atoms with E-state index in [1.807, 2.05) is 30.3 Å². The molecular formula is C24H24F2N2O4. The van der Waals surface area contributed by atoms with Gasteiger partial charge in [0.15, 0.2) is 17.7 Å². The zero-order valence-electron chi connectivity index (χ0n) is 17.7. The second-order valence-electron chi connectivity index (χ2n) is 7.36. The molecule has 0 fully saturated rings. The number of nitrogens with zero attached hydrogens (tertiary/aromatic N) is 1. The van der Waals surface area contributed by atoms with Gasteiger partial charge in [-0.15, -0.1) is 0 Å². The Hall–Kier alpha value is -3.52. The van der Waals surface area contributed by atoms with Crippen molar-refractivity contribution in [2.45, 2.75) is 32.9 Å². The normalized spacial score (nSPS) is 12.8. The van der Waals surface area contributed by atoms with Crippen LogP contribution >= 0.6 is 0 Å². The molecule has 1 heterocycles. The van der Waals surface area contributed by atoms with Gasteiger partial charge in [-0.1, -0.05) is 44.2 Å². The molecule has 1 aromatic heterocycles. The van der Waals surface area contributed by atoms with Gasteiger partial charge in [-0.3, -0.25) is 0 Å². The van der Waals surface area contributed by atoms with E-state index in [0.29, 0.717) is 19.0 Å². The molecule has 0 saturated heterocycles. The highest BCUT2D eigenvalue weighted by atomic mass is 19.1. The van der Waals surface area contributed by atoms with Gasteiger partial charge in [0.1, 0.15) is 5.75 Å². The van der Waals surface area contributed by atoms with Crippen LogP contribution in [0.25, 0.3) is 11.1 Å². The first-order chi connectivity index (χ1) is 15.3. The summed E-state index contributed by atoms with van der Waals surface area (Å²) in [5.74, 6) is -4.73. The van der Waals surface area contributed by atoms with Crippen molar-refractivity contribution in [2.24, 2.45) is 11.7 Å². The first-order valence-electron chi connectivity index (χ1n) is 10.1. The summed E-state index contributed by atoms with van der Waals surface area (Å²) in [7, 11) is 0. The summed E-state index contributed by atoms with van der Waals surface area (Å²) < 4.78 is 39.4. The van der Waals surface area contributed by atoms with Crippen LogP contribution in [0.4, 0.5) is 8.78 Å². The maximum atomic E-state index is 14.3. The molecule has 6 nitrogen and oxygen atoms in total. The number of hydrogen-bond donors (Lipinski definition) is 2. The highest BCUT2D eigenvalue weighted by Gasteiger charge is 2.28. The predicted molar refractivity (Wildman–Crippen MR) is 116 cm³/mol. The van der Waals surface area contributed by atoms with Crippen molar-refractivity contribution in [2.75, 3.05) is 0 Å². The number of carboxylic acid groups (broad SMARTS) is 1. The molecule has 0 bridgehead atoms. The van der Waals surface area contributed by atoms with E-state index in [0.717, 1.165) is 16.7 Å². The summed E-state index contributed by atoms with van der Waals surface area (Å²) in [6, 6.07) is 15.0. The average molecular weight is 442 g/mol. The Morgan fingerprint density at radius 2 is 1.72 bits per heavy atom. The molecule has 1 unspecified atom stereocenters. The molecule has 3 aromatic rings. The minimum atomic E-state index is -1.33. The molecule has 2 atom stereocenters. The third-order valence-electron chi connectivity index (χ3n) is 5.05. The van der Waals surface area contributed by atoms with E-state index in [9.17, 15) is 18.7 Å². The number of hydrogen-bond acceptors (Lipinski definition) is 5. The lowest BCUT2D eigenvalue weighted by atomic mass is 10.0. The zero-order valence-corrected chi connectivity index (χ0v) is 17.7. The SMILES string of the molecule is CCC(C)[C@@H](Oc1nc(Oc2cccc(-c3cccc(CN)c3)c2)c(F)cc1F)C(=O)O. The zero-order chi connectivity index (χ0) is 23.3. The highest BCUT2D eigenvalue weighted by Crippen LogP contribution is 2.31. The molecule has 2 aromatic carbocycles. The number of benzene rings is 2. The van der Waals surface area contributed by atoms with E-state index >= 15 is 0 Å². The standard InChI is InChI=1S/C24H24F2N2O4/c1-3-14(2)21(24(29)30)32-23-20(26)12-19(25)22(28-23)31-18-9-5-8-17(11-18)16-7-4-6-15(10-16)13-27/h4-12,14,21H,3,13,27H2,1-2H3,(H,29,30)/t14?,21-/m1/s1. The van der Waals surface area contributed by atoms with E-state index < -0.39 is 41.4 Å². The lowest BCUT2D eigenvalue weighted by Gasteiger charge is -2.20. The van der Waals surface area contributed by atoms with Crippen LogP contribution in [0, 0.1) is 17.6 Å². The molecule has 0 saturated carbocycles. The van der Waals surface area contributed by atoms with Gasteiger partial charge < -0.3 is 20.3 Å². The molecule has 0 amide bonds. The van der Waals surface area contributed by atoms with Gasteiger partial charge in [0, 0.05) is 18.5 Å². The minimum absolute atomic E-state index is 0.265. The van der Waals surface area contributed by atoms with Crippen molar-refractivity contribution in [3.63, 3.8) is 0 Å². The van der Waals surface area contributed by atoms with Gasteiger partial charge in [0.2, 0.25) is 0 Å². The molecule has 0 radical (unpaired) electrons. The van der Waals surface area contributed by atoms with E-state index in [-0.39, 0.29) is 5.75 Å². The van der Waals surface area contributed by atoms with Crippen LogP contribution in [0.15, 0.2) is 54.6 Å². The van der Waals surface area contributed by atoms with Crippen molar-refractivity contribution in [3.05, 3.63) is 71.8 Å². The summed E-state index contributed by atoms with van der Waals surface area (Å²) in [5, 5.41) is 9.37. The number of pyridine rings is 1. The highest BCUT2D eigenvalue weighted by molar-refractivity contribution is 5.73. The molecular weight excluding hydrogens is 418 g/mol. The maximum absolute atomic E-state index is 14.3. The fourth-order valence-electron chi connectivity index (χ4n) is 3.06. The minimum Gasteiger partial charge on any atom is -0.478 e. The molecule has 8 heteroatoms. The summed E-state index contributed by atoms with van der Waals surface area (Å²) in [5.41, 5.74) is 8.35. The van der Waals surface area contributed by atoms with Crippen molar-refractivity contribution < 1.29 is 28.2 Å². The summed E-state index contributed by atoms with van der Waals surface area (Å²) in [6.07, 6.45) is -0.847. The van der Waals surface area contributed by atoms with Crippen LogP contribution in [-0.4, -0.2) is 22.2 Å². The second-order valence-corrected chi connectivity index (χ2v) is 7.36. The van der Waals surface area contributed by atoms with Crippen molar-refractivity contribution in [1.82, 2.24) is 4.98 Å². The second kappa shape index (κ2) is 10.2. The molecule has 3 N–H and O–H groups in total. The first kappa shape index (κ1) is 23.1. The topological polar surface area (TPSA) is 94.7 Å². The third-order valence-corrected chi connectivity index (χ3v) is 5.05. The Kier molecular flexibility index (Phi) is 7.37. The number of aromatic nitrogens is 1. The number of halogens is 2. The maximum Gasteiger partial charge on any atom is 0.345 e. The molecule has 0 aliphatic carbocycles. The number of carboxylic acids is 1. The number of ether oxygens (including phenoxy) is 2. The Morgan fingerprint density at radius 1 is 1.06 bits per heavy atom. The molecule has 0 spiro atoms. The van der Waals surface area contributed by atoms with E-state index in [1.165, 1.54) is 0 Å². The summed E-state index contributed by atoms with van der Waals surface area (Å²) >= 11 is 0. The molecule has 168 valence electrons. The van der Waals surface area contributed by atoms with Crippen molar-refractivity contribution >= 4 is 5.97 Å². The average Bonchev–Trinajstić information content (AvgIpc) is 2.79. The Bertz CT molecular complexity index is 1110. The fraction of sp³-hybridized carbons (Fsp3) is 0.250. The van der Waals surface area contributed by atoms with Gasteiger partial charge in [0.05, 0.1) is 0 Å². The molecule has 32 heavy (non-hydrogen) atoms. The number of nitrogens with two attached hydrogens (primary N) is 1. The first-order valence-corrected chi connectivity index (χ1v) is 10.1. The van der Waals surface area contributed by atoms with E-state index in [4.69, 9.17) is 15.2 Å². The molecule has 0 aliphatic heterocycles. The largest absolute Gasteiger partial charge is 0.478 e. The molecule has 0 aliphatic rings. The smallest absolute Gasteiger partial charge is 0.345 e. The van der Waals surface area contributed by atoms with Crippen LogP contribution in [0.3, 0.4) is 0 Å². The van der Waals surface area contributed by atoms with Gasteiger partial charge >= 0.3 is 5.97 Å². The number of aliphatic carboxylic acids is 1. The van der Waals surface area contributed by atoms with Crippen LogP contribution in [-0.2, 0) is 11.3 Å². The third kappa shape index (κ3) is 5.39. The fourth-order valence-corrected chi connectivity index (χ4v) is 3.06. The summed E-state index contributed by atoms with van der Waals surface area (Å²) in [4.78, 5) is 15.2. The Balaban J connectivity index is 1.89. The van der Waals surface area contributed by atoms with E-state index in [2.05, 4.69) is 4.98 Å². The van der Waals surface area contributed by atoms with Gasteiger partial charge in [-0.05, 0) is 41.3 Å². The number of rotatable bonds is 9. The Morgan fingerprint density at radius 3 is 2.38 bits per heavy atom. The van der Waals surface area contributed by atoms with Gasteiger partial charge in [-0.25, -0.2) is 13.6 Å². The Labute approximate surface area is 184 Å². The number of carbonyl (C=O) groups is 1. The lowest BCUT2D eigenvalue weighted by Crippen LogP contribution is -2.34. The summed E-state index contributed by atoms with van der Waals surface area (Å²) in [6.45, 7) is 3.83. The monoisotopic (exact) mass is 442 g/mol. The molecule has 3 rings (SSSR count).